The third kappa shape index (κ3) is 6.00. The molecule has 0 radical (unpaired) electrons. The summed E-state index contributed by atoms with van der Waals surface area (Å²) in [6.07, 6.45) is 9.76. The van der Waals surface area contributed by atoms with Gasteiger partial charge in [-0.05, 0) is 97.9 Å². The summed E-state index contributed by atoms with van der Waals surface area (Å²) in [5, 5.41) is 0. The van der Waals surface area contributed by atoms with Gasteiger partial charge >= 0.3 is 0 Å². The maximum atomic E-state index is 14.9. The minimum Gasteiger partial charge on any atom is -0.206 e. The van der Waals surface area contributed by atoms with Crippen LogP contribution in [-0.4, -0.2) is 5.92 Å². The van der Waals surface area contributed by atoms with Gasteiger partial charge in [-0.15, -0.1) is 0 Å². The smallest absolute Gasteiger partial charge is 0.206 e. The molecule has 0 spiro atoms. The molecule has 4 heteroatoms. The maximum Gasteiger partial charge on any atom is 0.254 e. The van der Waals surface area contributed by atoms with Crippen LogP contribution < -0.4 is 0 Å². The molecule has 2 saturated carbocycles. The van der Waals surface area contributed by atoms with Crippen molar-refractivity contribution >= 4 is 0 Å². The molecule has 2 fully saturated rings. The van der Waals surface area contributed by atoms with Crippen molar-refractivity contribution in [1.29, 1.82) is 0 Å². The molecule has 33 heavy (non-hydrogen) atoms. The van der Waals surface area contributed by atoms with Crippen LogP contribution in [0.3, 0.4) is 0 Å². The van der Waals surface area contributed by atoms with Gasteiger partial charge in [0.2, 0.25) is 0 Å². The van der Waals surface area contributed by atoms with Crippen LogP contribution in [0.1, 0.15) is 99.7 Å². The van der Waals surface area contributed by atoms with Crippen molar-refractivity contribution in [2.45, 2.75) is 95.3 Å². The zero-order valence-corrected chi connectivity index (χ0v) is 19.6. The van der Waals surface area contributed by atoms with Crippen LogP contribution in [0.25, 0.3) is 0 Å². The highest BCUT2D eigenvalue weighted by molar-refractivity contribution is 5.28. The Morgan fingerprint density at radius 1 is 0.727 bits per heavy atom. The SMILES string of the molecule is CCCC1CCC(c2ccc(C3CCC(C(F)(F)Cc4ccc(F)c(F)c4)CC3)cc2)CC1. The van der Waals surface area contributed by atoms with Crippen LogP contribution in [0.4, 0.5) is 17.6 Å². The fraction of sp³-hybridized carbons (Fsp3) is 0.586. The molecule has 2 aliphatic carbocycles. The number of alkyl halides is 2. The molecule has 0 nitrogen and oxygen atoms in total. The summed E-state index contributed by atoms with van der Waals surface area (Å²) in [7, 11) is 0. The van der Waals surface area contributed by atoms with Gasteiger partial charge in [-0.1, -0.05) is 50.1 Å². The average Bonchev–Trinajstić information content (AvgIpc) is 2.82. The maximum absolute atomic E-state index is 14.9. The van der Waals surface area contributed by atoms with E-state index in [1.807, 2.05) is 0 Å². The van der Waals surface area contributed by atoms with Gasteiger partial charge in [0.1, 0.15) is 0 Å². The predicted octanol–water partition coefficient (Wildman–Crippen LogP) is 9.19. The third-order valence-corrected chi connectivity index (χ3v) is 8.17. The molecule has 2 aliphatic rings. The van der Waals surface area contributed by atoms with E-state index in [0.717, 1.165) is 30.9 Å². The number of hydrogen-bond donors (Lipinski definition) is 0. The molecular weight excluding hydrogens is 424 g/mol. The number of benzene rings is 2. The molecule has 0 atom stereocenters. The first kappa shape index (κ1) is 24.3. The summed E-state index contributed by atoms with van der Waals surface area (Å²) in [6, 6.07) is 12.1. The van der Waals surface area contributed by atoms with Crippen molar-refractivity contribution in [2.75, 3.05) is 0 Å². The van der Waals surface area contributed by atoms with Crippen LogP contribution in [0.5, 0.6) is 0 Å². The summed E-state index contributed by atoms with van der Waals surface area (Å²) >= 11 is 0. The monoisotopic (exact) mass is 460 g/mol. The molecule has 0 aliphatic heterocycles. The van der Waals surface area contributed by atoms with E-state index in [1.54, 1.807) is 0 Å². The average molecular weight is 461 g/mol. The predicted molar refractivity (Wildman–Crippen MR) is 126 cm³/mol. The van der Waals surface area contributed by atoms with E-state index in [-0.39, 0.29) is 5.56 Å². The lowest BCUT2D eigenvalue weighted by molar-refractivity contribution is -0.0715. The molecule has 2 aromatic rings. The van der Waals surface area contributed by atoms with Gasteiger partial charge in [0.15, 0.2) is 11.6 Å². The van der Waals surface area contributed by atoms with Crippen molar-refractivity contribution < 1.29 is 17.6 Å². The summed E-state index contributed by atoms with van der Waals surface area (Å²) < 4.78 is 56.3. The Labute approximate surface area is 195 Å². The zero-order chi connectivity index (χ0) is 23.4. The topological polar surface area (TPSA) is 0 Å². The fourth-order valence-corrected chi connectivity index (χ4v) is 6.15. The van der Waals surface area contributed by atoms with Gasteiger partial charge in [-0.25, -0.2) is 17.6 Å². The standard InChI is InChI=1S/C29H36F4/c1-2-3-20-4-7-22(8-5-20)23-9-11-24(12-10-23)25-13-15-26(16-14-25)29(32,33)19-21-6-17-27(30)28(31)18-21/h6,9-12,17-18,20,22,25-26H,2-5,7-8,13-16,19H2,1H3. The Balaban J connectivity index is 1.30. The second kappa shape index (κ2) is 10.6. The lowest BCUT2D eigenvalue weighted by atomic mass is 9.74. The van der Waals surface area contributed by atoms with E-state index in [2.05, 4.69) is 31.2 Å². The van der Waals surface area contributed by atoms with Gasteiger partial charge in [0, 0.05) is 12.3 Å². The number of halogens is 4. The molecule has 0 bridgehead atoms. The zero-order valence-electron chi connectivity index (χ0n) is 19.6. The van der Waals surface area contributed by atoms with E-state index in [1.165, 1.54) is 55.7 Å². The molecule has 0 amide bonds. The Kier molecular flexibility index (Phi) is 7.81. The Bertz CT molecular complexity index is 888. The summed E-state index contributed by atoms with van der Waals surface area (Å²) in [4.78, 5) is 0. The van der Waals surface area contributed by atoms with Gasteiger partial charge in [0.25, 0.3) is 5.92 Å². The first-order valence-corrected chi connectivity index (χ1v) is 12.8. The van der Waals surface area contributed by atoms with Crippen LogP contribution in [0.2, 0.25) is 0 Å². The Hall–Kier alpha value is -1.84. The van der Waals surface area contributed by atoms with Crippen molar-refractivity contribution in [3.63, 3.8) is 0 Å². The highest BCUT2D eigenvalue weighted by Crippen LogP contribution is 2.44. The molecule has 2 aromatic carbocycles. The molecule has 0 unspecified atom stereocenters. The third-order valence-electron chi connectivity index (χ3n) is 8.17. The van der Waals surface area contributed by atoms with Crippen LogP contribution >= 0.6 is 0 Å². The van der Waals surface area contributed by atoms with Crippen molar-refractivity contribution in [3.05, 3.63) is 70.8 Å². The minimum absolute atomic E-state index is 0.153. The molecule has 0 heterocycles. The first-order chi connectivity index (χ1) is 15.9. The summed E-state index contributed by atoms with van der Waals surface area (Å²) in [6.45, 7) is 2.27. The quantitative estimate of drug-likeness (QED) is 0.361. The van der Waals surface area contributed by atoms with Gasteiger partial charge < -0.3 is 0 Å². The highest BCUT2D eigenvalue weighted by Gasteiger charge is 2.41. The molecular formula is C29H36F4. The second-order valence-corrected chi connectivity index (χ2v) is 10.4. The normalized spacial score (nSPS) is 26.3. The lowest BCUT2D eigenvalue weighted by Crippen LogP contribution is -2.33. The fourth-order valence-electron chi connectivity index (χ4n) is 6.15. The molecule has 180 valence electrons. The lowest BCUT2D eigenvalue weighted by Gasteiger charge is -2.34. The van der Waals surface area contributed by atoms with Crippen LogP contribution in [0.15, 0.2) is 42.5 Å². The Morgan fingerprint density at radius 2 is 1.27 bits per heavy atom. The van der Waals surface area contributed by atoms with Gasteiger partial charge in [-0.3, -0.25) is 0 Å². The first-order valence-electron chi connectivity index (χ1n) is 12.8. The van der Waals surface area contributed by atoms with E-state index < -0.39 is 29.9 Å². The Morgan fingerprint density at radius 3 is 1.79 bits per heavy atom. The summed E-state index contributed by atoms with van der Waals surface area (Å²) in [5.74, 6) is -3.79. The minimum atomic E-state index is -2.91. The van der Waals surface area contributed by atoms with Crippen LogP contribution in [0, 0.1) is 23.5 Å². The van der Waals surface area contributed by atoms with Crippen LogP contribution in [-0.2, 0) is 6.42 Å². The molecule has 0 N–H and O–H groups in total. The van der Waals surface area contributed by atoms with E-state index in [0.29, 0.717) is 24.7 Å². The summed E-state index contributed by atoms with van der Waals surface area (Å²) in [5.41, 5.74) is 2.85. The van der Waals surface area contributed by atoms with Crippen molar-refractivity contribution in [3.8, 4) is 0 Å². The van der Waals surface area contributed by atoms with Crippen molar-refractivity contribution in [1.82, 2.24) is 0 Å². The highest BCUT2D eigenvalue weighted by atomic mass is 19.3. The van der Waals surface area contributed by atoms with E-state index >= 15 is 0 Å². The largest absolute Gasteiger partial charge is 0.254 e. The second-order valence-electron chi connectivity index (χ2n) is 10.4. The number of rotatable bonds is 7. The van der Waals surface area contributed by atoms with Gasteiger partial charge in [-0.2, -0.15) is 0 Å². The number of hydrogen-bond acceptors (Lipinski definition) is 0. The van der Waals surface area contributed by atoms with Gasteiger partial charge in [0.05, 0.1) is 0 Å². The van der Waals surface area contributed by atoms with Crippen molar-refractivity contribution in [2.24, 2.45) is 11.8 Å². The molecule has 0 saturated heterocycles. The van der Waals surface area contributed by atoms with E-state index in [4.69, 9.17) is 0 Å². The molecule has 0 aromatic heterocycles. The molecule has 4 rings (SSSR count). The van der Waals surface area contributed by atoms with E-state index in [9.17, 15) is 17.6 Å².